The van der Waals surface area contributed by atoms with Crippen molar-refractivity contribution in [3.63, 3.8) is 0 Å². The van der Waals surface area contributed by atoms with Gasteiger partial charge in [0.25, 0.3) is 0 Å². The minimum Gasteiger partial charge on any atom is -0.355 e. The number of rotatable bonds is 9. The van der Waals surface area contributed by atoms with Crippen LogP contribution in [0.15, 0.2) is 0 Å². The van der Waals surface area contributed by atoms with Crippen LogP contribution in [0, 0.1) is 5.92 Å². The van der Waals surface area contributed by atoms with Gasteiger partial charge in [0.05, 0.1) is 6.04 Å². The fourth-order valence-corrected chi connectivity index (χ4v) is 2.95. The highest BCUT2D eigenvalue weighted by Crippen LogP contribution is 2.15. The number of hydrogen-bond donors (Lipinski definition) is 2. The van der Waals surface area contributed by atoms with Crippen LogP contribution >= 0.6 is 24.2 Å². The van der Waals surface area contributed by atoms with E-state index < -0.39 is 0 Å². The van der Waals surface area contributed by atoms with Gasteiger partial charge in [-0.25, -0.2) is 0 Å². The maximum absolute atomic E-state index is 11.7. The first-order valence-electron chi connectivity index (χ1n) is 7.88. The van der Waals surface area contributed by atoms with Gasteiger partial charge in [-0.1, -0.05) is 6.92 Å². The standard InChI is InChI=1S/C15H31N3OS.ClH/c1-13-5-10-18(11-6-13)9-4-3-8-17-15(19)14(16)7-12-20-2;/h13-14H,3-12,16H2,1-2H3,(H,17,19);1H. The van der Waals surface area contributed by atoms with E-state index in [0.29, 0.717) is 0 Å². The van der Waals surface area contributed by atoms with Crippen LogP contribution in [0.5, 0.6) is 0 Å². The predicted molar refractivity (Wildman–Crippen MR) is 95.3 cm³/mol. The molecule has 1 amide bonds. The third-order valence-electron chi connectivity index (χ3n) is 4.05. The molecule has 1 saturated heterocycles. The molecule has 1 fully saturated rings. The fraction of sp³-hybridized carbons (Fsp3) is 0.933. The Morgan fingerprint density at radius 3 is 2.67 bits per heavy atom. The molecule has 1 atom stereocenters. The van der Waals surface area contributed by atoms with E-state index in [9.17, 15) is 4.79 Å². The smallest absolute Gasteiger partial charge is 0.236 e. The number of unbranched alkanes of at least 4 members (excludes halogenated alkanes) is 1. The molecule has 1 heterocycles. The van der Waals surface area contributed by atoms with Crippen molar-refractivity contribution in [2.24, 2.45) is 11.7 Å². The molecule has 1 unspecified atom stereocenters. The second-order valence-electron chi connectivity index (χ2n) is 5.91. The van der Waals surface area contributed by atoms with Gasteiger partial charge in [-0.15, -0.1) is 12.4 Å². The Morgan fingerprint density at radius 2 is 2.05 bits per heavy atom. The first-order valence-corrected chi connectivity index (χ1v) is 9.27. The second-order valence-corrected chi connectivity index (χ2v) is 6.90. The number of carbonyl (C=O) groups excluding carboxylic acids is 1. The number of piperidine rings is 1. The monoisotopic (exact) mass is 337 g/mol. The van der Waals surface area contributed by atoms with Gasteiger partial charge in [-0.05, 0) is 69.7 Å². The third-order valence-corrected chi connectivity index (χ3v) is 4.69. The highest BCUT2D eigenvalue weighted by molar-refractivity contribution is 7.98. The summed E-state index contributed by atoms with van der Waals surface area (Å²) in [6.45, 7) is 6.75. The van der Waals surface area contributed by atoms with Crippen molar-refractivity contribution < 1.29 is 4.79 Å². The van der Waals surface area contributed by atoms with Crippen molar-refractivity contribution in [3.8, 4) is 0 Å². The van der Waals surface area contributed by atoms with Crippen LogP contribution in [-0.4, -0.2) is 55.0 Å². The van der Waals surface area contributed by atoms with E-state index in [0.717, 1.165) is 37.5 Å². The van der Waals surface area contributed by atoms with Crippen molar-refractivity contribution in [2.45, 2.75) is 45.1 Å². The van der Waals surface area contributed by atoms with Crippen molar-refractivity contribution in [1.29, 1.82) is 0 Å². The molecule has 0 spiro atoms. The van der Waals surface area contributed by atoms with E-state index in [1.54, 1.807) is 11.8 Å². The molecule has 6 heteroatoms. The third kappa shape index (κ3) is 9.61. The molecule has 3 N–H and O–H groups in total. The van der Waals surface area contributed by atoms with Crippen molar-refractivity contribution in [3.05, 3.63) is 0 Å². The van der Waals surface area contributed by atoms with Crippen LogP contribution in [-0.2, 0) is 4.79 Å². The highest BCUT2D eigenvalue weighted by Gasteiger charge is 2.15. The summed E-state index contributed by atoms with van der Waals surface area (Å²) in [6.07, 6.45) is 7.68. The lowest BCUT2D eigenvalue weighted by Crippen LogP contribution is -2.41. The molecule has 0 saturated carbocycles. The van der Waals surface area contributed by atoms with Gasteiger partial charge in [0.1, 0.15) is 0 Å². The van der Waals surface area contributed by atoms with Gasteiger partial charge < -0.3 is 16.0 Å². The molecule has 0 aliphatic carbocycles. The summed E-state index contributed by atoms with van der Waals surface area (Å²) >= 11 is 1.73. The van der Waals surface area contributed by atoms with E-state index in [1.807, 2.05) is 6.26 Å². The number of nitrogens with two attached hydrogens (primary N) is 1. The van der Waals surface area contributed by atoms with E-state index >= 15 is 0 Å². The van der Waals surface area contributed by atoms with Crippen molar-refractivity contribution >= 4 is 30.1 Å². The van der Waals surface area contributed by atoms with Crippen LogP contribution in [0.25, 0.3) is 0 Å². The maximum atomic E-state index is 11.7. The molecule has 1 aliphatic rings. The highest BCUT2D eigenvalue weighted by atomic mass is 35.5. The van der Waals surface area contributed by atoms with Crippen LogP contribution in [0.1, 0.15) is 39.0 Å². The number of likely N-dealkylation sites (tertiary alicyclic amines) is 1. The average molecular weight is 338 g/mol. The topological polar surface area (TPSA) is 58.4 Å². The van der Waals surface area contributed by atoms with Crippen molar-refractivity contribution in [1.82, 2.24) is 10.2 Å². The Morgan fingerprint density at radius 1 is 1.38 bits per heavy atom. The van der Waals surface area contributed by atoms with E-state index in [2.05, 4.69) is 17.1 Å². The van der Waals surface area contributed by atoms with Gasteiger partial charge in [0.15, 0.2) is 0 Å². The van der Waals surface area contributed by atoms with Gasteiger partial charge in [0.2, 0.25) is 5.91 Å². The van der Waals surface area contributed by atoms with Crippen LogP contribution < -0.4 is 11.1 Å². The van der Waals surface area contributed by atoms with Gasteiger partial charge >= 0.3 is 0 Å². The van der Waals surface area contributed by atoms with Gasteiger partial charge in [0, 0.05) is 6.54 Å². The molecule has 1 rings (SSSR count). The number of halogens is 1. The number of thioether (sulfide) groups is 1. The van der Waals surface area contributed by atoms with Gasteiger partial charge in [-0.3, -0.25) is 4.79 Å². The van der Waals surface area contributed by atoms with E-state index in [1.165, 1.54) is 32.5 Å². The molecule has 0 radical (unpaired) electrons. The van der Waals surface area contributed by atoms with Crippen LogP contribution in [0.3, 0.4) is 0 Å². The first kappa shape index (κ1) is 21.0. The molecule has 4 nitrogen and oxygen atoms in total. The number of amides is 1. The molecule has 1 aliphatic heterocycles. The number of nitrogens with one attached hydrogen (secondary N) is 1. The Balaban J connectivity index is 0.00000400. The zero-order valence-corrected chi connectivity index (χ0v) is 15.1. The molecular weight excluding hydrogens is 306 g/mol. The lowest BCUT2D eigenvalue weighted by Gasteiger charge is -2.30. The largest absolute Gasteiger partial charge is 0.355 e. The van der Waals surface area contributed by atoms with Gasteiger partial charge in [-0.2, -0.15) is 11.8 Å². The zero-order chi connectivity index (χ0) is 14.8. The summed E-state index contributed by atoms with van der Waals surface area (Å²) in [5, 5.41) is 2.94. The fourth-order valence-electron chi connectivity index (χ4n) is 2.46. The Bertz CT molecular complexity index is 274. The molecule has 126 valence electrons. The lowest BCUT2D eigenvalue weighted by molar-refractivity contribution is -0.122. The zero-order valence-electron chi connectivity index (χ0n) is 13.5. The molecule has 0 bridgehead atoms. The summed E-state index contributed by atoms with van der Waals surface area (Å²) in [6, 6.07) is -0.342. The second kappa shape index (κ2) is 12.6. The summed E-state index contributed by atoms with van der Waals surface area (Å²) in [4.78, 5) is 14.2. The van der Waals surface area contributed by atoms with E-state index in [-0.39, 0.29) is 24.4 Å². The molecule has 0 aromatic carbocycles. The minimum absolute atomic E-state index is 0. The maximum Gasteiger partial charge on any atom is 0.236 e. The Labute approximate surface area is 140 Å². The lowest BCUT2D eigenvalue weighted by atomic mass is 9.99. The summed E-state index contributed by atoms with van der Waals surface area (Å²) < 4.78 is 0. The summed E-state index contributed by atoms with van der Waals surface area (Å²) in [5.74, 6) is 1.85. The van der Waals surface area contributed by atoms with Crippen molar-refractivity contribution in [2.75, 3.05) is 38.2 Å². The molecular formula is C15H32ClN3OS. The number of hydrogen-bond acceptors (Lipinski definition) is 4. The summed E-state index contributed by atoms with van der Waals surface area (Å²) in [7, 11) is 0. The summed E-state index contributed by atoms with van der Waals surface area (Å²) in [5.41, 5.74) is 5.81. The average Bonchev–Trinajstić information content (AvgIpc) is 2.46. The molecule has 0 aromatic rings. The molecule has 21 heavy (non-hydrogen) atoms. The predicted octanol–water partition coefficient (Wildman–Crippen LogP) is 2.12. The minimum atomic E-state index is -0.342. The normalized spacial score (nSPS) is 18.0. The van der Waals surface area contributed by atoms with Crippen LogP contribution in [0.2, 0.25) is 0 Å². The SMILES string of the molecule is CSCCC(N)C(=O)NCCCCN1CCC(C)CC1.Cl. The number of nitrogens with zero attached hydrogens (tertiary/aromatic N) is 1. The quantitative estimate of drug-likeness (QED) is 0.633. The first-order chi connectivity index (χ1) is 9.63. The number of carbonyl (C=O) groups is 1. The Kier molecular flexibility index (Phi) is 12.6. The van der Waals surface area contributed by atoms with Crippen LogP contribution in [0.4, 0.5) is 0 Å². The van der Waals surface area contributed by atoms with E-state index in [4.69, 9.17) is 5.73 Å². The Hall–Kier alpha value is 0.0300. The molecule has 0 aromatic heterocycles.